The van der Waals surface area contributed by atoms with Crippen LogP contribution in [-0.2, 0) is 9.59 Å². The lowest BCUT2D eigenvalue weighted by molar-refractivity contribution is -0.121. The molecule has 0 saturated carbocycles. The van der Waals surface area contributed by atoms with Gasteiger partial charge in [-0.25, -0.2) is 0 Å². The van der Waals surface area contributed by atoms with Gasteiger partial charge in [0.25, 0.3) is 0 Å². The molecule has 2 amide bonds. The van der Waals surface area contributed by atoms with Gasteiger partial charge in [0.1, 0.15) is 0 Å². The lowest BCUT2D eigenvalue weighted by Crippen LogP contribution is -2.33. The third-order valence-electron chi connectivity index (χ3n) is 1.83. The predicted octanol–water partition coefficient (Wildman–Crippen LogP) is -0.631. The fraction of sp³-hybridized carbons (Fsp3) is 0.333. The summed E-state index contributed by atoms with van der Waals surface area (Å²) in [6, 6.07) is 0. The van der Waals surface area contributed by atoms with Gasteiger partial charge in [-0.3, -0.25) is 9.59 Å². The second kappa shape index (κ2) is 5.06. The monoisotopic (exact) mass is 195 g/mol. The second-order valence-electron chi connectivity index (χ2n) is 2.93. The van der Waals surface area contributed by atoms with Gasteiger partial charge in [0, 0.05) is 5.70 Å². The zero-order valence-electron chi connectivity index (χ0n) is 7.75. The standard InChI is InChI=1S/C9H13N3O2/c10-7-3-1-2-4-8(7)12-9(14)5-11-6-13/h2,4,6H,1,3,5,10H2,(H,11,13)(H,12,14). The van der Waals surface area contributed by atoms with Gasteiger partial charge in [-0.05, 0) is 18.9 Å². The molecule has 1 rings (SSSR count). The summed E-state index contributed by atoms with van der Waals surface area (Å²) in [6.45, 7) is -0.0336. The minimum absolute atomic E-state index is 0.0336. The van der Waals surface area contributed by atoms with Crippen molar-refractivity contribution in [2.45, 2.75) is 12.8 Å². The van der Waals surface area contributed by atoms with E-state index in [-0.39, 0.29) is 12.5 Å². The molecule has 1 aliphatic carbocycles. The minimum Gasteiger partial charge on any atom is -0.400 e. The molecular formula is C9H13N3O2. The molecule has 0 aromatic carbocycles. The summed E-state index contributed by atoms with van der Waals surface area (Å²) in [5.41, 5.74) is 6.99. The highest BCUT2D eigenvalue weighted by Gasteiger charge is 2.07. The Morgan fingerprint density at radius 3 is 3.07 bits per heavy atom. The van der Waals surface area contributed by atoms with Crippen molar-refractivity contribution in [3.63, 3.8) is 0 Å². The van der Waals surface area contributed by atoms with E-state index in [2.05, 4.69) is 10.6 Å². The number of allylic oxidation sites excluding steroid dienone is 3. The molecule has 0 bridgehead atoms. The van der Waals surface area contributed by atoms with Gasteiger partial charge in [0.05, 0.1) is 12.2 Å². The first-order valence-corrected chi connectivity index (χ1v) is 4.36. The molecule has 0 aromatic heterocycles. The van der Waals surface area contributed by atoms with Crippen molar-refractivity contribution in [1.29, 1.82) is 0 Å². The Morgan fingerprint density at radius 1 is 1.64 bits per heavy atom. The van der Waals surface area contributed by atoms with E-state index in [4.69, 9.17) is 5.73 Å². The molecule has 1 aliphatic rings. The zero-order valence-corrected chi connectivity index (χ0v) is 7.75. The third kappa shape index (κ3) is 2.93. The number of nitrogens with two attached hydrogens (primary N) is 1. The third-order valence-corrected chi connectivity index (χ3v) is 1.83. The maximum Gasteiger partial charge on any atom is 0.243 e. The summed E-state index contributed by atoms with van der Waals surface area (Å²) in [5, 5.41) is 4.88. The normalized spacial score (nSPS) is 15.1. The van der Waals surface area contributed by atoms with Gasteiger partial charge < -0.3 is 16.4 Å². The van der Waals surface area contributed by atoms with Crippen LogP contribution >= 0.6 is 0 Å². The molecule has 0 heterocycles. The molecule has 0 fully saturated rings. The zero-order chi connectivity index (χ0) is 10.4. The summed E-state index contributed by atoms with van der Waals surface area (Å²) in [4.78, 5) is 21.1. The number of amides is 2. The van der Waals surface area contributed by atoms with E-state index in [1.807, 2.05) is 6.08 Å². The molecule has 0 atom stereocenters. The van der Waals surface area contributed by atoms with Crippen LogP contribution in [0.25, 0.3) is 0 Å². The Balaban J connectivity index is 2.46. The number of hydrogen-bond acceptors (Lipinski definition) is 3. The minimum atomic E-state index is -0.276. The highest BCUT2D eigenvalue weighted by molar-refractivity contribution is 5.82. The van der Waals surface area contributed by atoms with E-state index < -0.39 is 0 Å². The van der Waals surface area contributed by atoms with Gasteiger partial charge in [-0.15, -0.1) is 0 Å². The molecule has 4 N–H and O–H groups in total. The Morgan fingerprint density at radius 2 is 2.43 bits per heavy atom. The van der Waals surface area contributed by atoms with E-state index in [9.17, 15) is 9.59 Å². The van der Waals surface area contributed by atoms with E-state index >= 15 is 0 Å². The average Bonchev–Trinajstić information content (AvgIpc) is 2.18. The van der Waals surface area contributed by atoms with Crippen molar-refractivity contribution >= 4 is 12.3 Å². The van der Waals surface area contributed by atoms with Crippen molar-refractivity contribution in [3.05, 3.63) is 23.5 Å². The van der Waals surface area contributed by atoms with Gasteiger partial charge in [0.2, 0.25) is 12.3 Å². The fourth-order valence-corrected chi connectivity index (χ4v) is 1.13. The summed E-state index contributed by atoms with van der Waals surface area (Å²) in [5.74, 6) is -0.276. The molecule has 0 aromatic rings. The molecule has 14 heavy (non-hydrogen) atoms. The van der Waals surface area contributed by atoms with Crippen LogP contribution < -0.4 is 16.4 Å². The second-order valence-corrected chi connectivity index (χ2v) is 2.93. The molecule has 76 valence electrons. The first-order chi connectivity index (χ1) is 6.74. The van der Waals surface area contributed by atoms with Crippen LogP contribution in [-0.4, -0.2) is 18.9 Å². The largest absolute Gasteiger partial charge is 0.400 e. The summed E-state index contributed by atoms with van der Waals surface area (Å²) in [6.07, 6.45) is 5.86. The summed E-state index contributed by atoms with van der Waals surface area (Å²) >= 11 is 0. The highest BCUT2D eigenvalue weighted by Crippen LogP contribution is 2.11. The van der Waals surface area contributed by atoms with Gasteiger partial charge in [-0.1, -0.05) is 6.08 Å². The molecular weight excluding hydrogens is 182 g/mol. The van der Waals surface area contributed by atoms with Crippen LogP contribution in [0.1, 0.15) is 12.8 Å². The summed E-state index contributed by atoms with van der Waals surface area (Å²) in [7, 11) is 0. The van der Waals surface area contributed by atoms with Crippen LogP contribution in [0.15, 0.2) is 23.5 Å². The van der Waals surface area contributed by atoms with Crippen molar-refractivity contribution < 1.29 is 9.59 Å². The van der Waals surface area contributed by atoms with Gasteiger partial charge >= 0.3 is 0 Å². The Labute approximate surface area is 82.0 Å². The van der Waals surface area contributed by atoms with Crippen LogP contribution in [0, 0.1) is 0 Å². The number of hydrogen-bond donors (Lipinski definition) is 3. The molecule has 0 saturated heterocycles. The van der Waals surface area contributed by atoms with Crippen molar-refractivity contribution in [1.82, 2.24) is 10.6 Å². The lowest BCUT2D eigenvalue weighted by atomic mass is 10.1. The number of nitrogens with one attached hydrogen (secondary N) is 2. The molecule has 0 radical (unpaired) electrons. The van der Waals surface area contributed by atoms with Crippen LogP contribution in [0.2, 0.25) is 0 Å². The van der Waals surface area contributed by atoms with E-state index in [1.165, 1.54) is 0 Å². The first-order valence-electron chi connectivity index (χ1n) is 4.36. The first kappa shape index (κ1) is 10.3. The molecule has 0 spiro atoms. The molecule has 5 nitrogen and oxygen atoms in total. The van der Waals surface area contributed by atoms with Crippen molar-refractivity contribution in [2.75, 3.05) is 6.54 Å². The van der Waals surface area contributed by atoms with Crippen molar-refractivity contribution in [3.8, 4) is 0 Å². The van der Waals surface area contributed by atoms with E-state index in [0.717, 1.165) is 12.8 Å². The number of carbonyl (C=O) groups is 2. The average molecular weight is 195 g/mol. The summed E-state index contributed by atoms with van der Waals surface area (Å²) < 4.78 is 0. The van der Waals surface area contributed by atoms with Crippen LogP contribution in [0.5, 0.6) is 0 Å². The number of rotatable bonds is 4. The van der Waals surface area contributed by atoms with E-state index in [1.54, 1.807) is 6.08 Å². The SMILES string of the molecule is NC1=C(NC(=O)CNC=O)C=CCC1. The predicted molar refractivity (Wildman–Crippen MR) is 51.8 cm³/mol. The van der Waals surface area contributed by atoms with Crippen molar-refractivity contribution in [2.24, 2.45) is 5.73 Å². The van der Waals surface area contributed by atoms with E-state index in [0.29, 0.717) is 17.8 Å². The Hall–Kier alpha value is -1.78. The van der Waals surface area contributed by atoms with Gasteiger partial charge in [-0.2, -0.15) is 0 Å². The maximum absolute atomic E-state index is 11.2. The highest BCUT2D eigenvalue weighted by atomic mass is 16.2. The smallest absolute Gasteiger partial charge is 0.243 e. The lowest BCUT2D eigenvalue weighted by Gasteiger charge is -2.12. The molecule has 0 unspecified atom stereocenters. The van der Waals surface area contributed by atoms with Gasteiger partial charge in [0.15, 0.2) is 0 Å². The molecule has 5 heteroatoms. The fourth-order valence-electron chi connectivity index (χ4n) is 1.13. The Bertz CT molecular complexity index is 294. The molecule has 0 aliphatic heterocycles. The topological polar surface area (TPSA) is 84.2 Å². The Kier molecular flexibility index (Phi) is 3.72. The quantitative estimate of drug-likeness (QED) is 0.522. The van der Waals surface area contributed by atoms with Crippen LogP contribution in [0.4, 0.5) is 0 Å². The number of carbonyl (C=O) groups excluding carboxylic acids is 2. The maximum atomic E-state index is 11.2. The van der Waals surface area contributed by atoms with Crippen LogP contribution in [0.3, 0.4) is 0 Å².